The average molecular weight is 590 g/mol. The van der Waals surface area contributed by atoms with E-state index < -0.39 is 17.8 Å². The molecule has 1 saturated heterocycles. The number of nitrogens with one attached hydrogen (secondary N) is 1. The molecule has 0 radical (unpaired) electrons. The molecule has 0 saturated carbocycles. The van der Waals surface area contributed by atoms with E-state index in [-0.39, 0.29) is 22.9 Å². The van der Waals surface area contributed by atoms with Gasteiger partial charge in [0.1, 0.15) is 12.2 Å². The Balaban J connectivity index is 1.64. The number of benzene rings is 3. The van der Waals surface area contributed by atoms with Crippen molar-refractivity contribution in [3.63, 3.8) is 0 Å². The molecule has 0 spiro atoms. The molecule has 7 nitrogen and oxygen atoms in total. The number of hydrogen-bond acceptors (Lipinski definition) is 5. The van der Waals surface area contributed by atoms with Crippen molar-refractivity contribution in [1.82, 2.24) is 5.32 Å². The number of barbiturate groups is 1. The van der Waals surface area contributed by atoms with Crippen molar-refractivity contribution < 1.29 is 23.9 Å². The third-order valence-corrected chi connectivity index (χ3v) is 6.59. The van der Waals surface area contributed by atoms with Gasteiger partial charge >= 0.3 is 6.03 Å². The SMILES string of the molecule is COc1cc(/C=C2/C(=O)NC(=O)N(c3ccc(C)c(Cl)c3)C2=O)cc(Cl)c1OCc1ccc(Br)cc1. The summed E-state index contributed by atoms with van der Waals surface area (Å²) in [6.07, 6.45) is 1.33. The molecule has 0 bridgehead atoms. The largest absolute Gasteiger partial charge is 0.493 e. The number of nitrogens with zero attached hydrogens (tertiary/aromatic N) is 1. The van der Waals surface area contributed by atoms with Crippen LogP contribution >= 0.6 is 39.1 Å². The average Bonchev–Trinajstić information content (AvgIpc) is 2.84. The zero-order chi connectivity index (χ0) is 26.0. The fourth-order valence-electron chi connectivity index (χ4n) is 3.48. The number of amides is 4. The first-order chi connectivity index (χ1) is 17.2. The van der Waals surface area contributed by atoms with Crippen LogP contribution in [0.4, 0.5) is 10.5 Å². The summed E-state index contributed by atoms with van der Waals surface area (Å²) >= 11 is 16.0. The second kappa shape index (κ2) is 10.7. The van der Waals surface area contributed by atoms with Gasteiger partial charge in [0.15, 0.2) is 11.5 Å². The molecule has 1 aliphatic heterocycles. The van der Waals surface area contributed by atoms with Crippen LogP contribution in [0.15, 0.2) is 64.6 Å². The summed E-state index contributed by atoms with van der Waals surface area (Å²) in [5, 5.41) is 2.79. The molecule has 0 atom stereocenters. The van der Waals surface area contributed by atoms with Gasteiger partial charge in [0.2, 0.25) is 0 Å². The molecule has 0 unspecified atom stereocenters. The standard InChI is InChI=1S/C26H19BrCl2N2O5/c1-14-3-8-18(12-20(14)28)31-25(33)19(24(32)30-26(31)34)9-16-10-21(29)23(22(11-16)35-2)36-13-15-4-6-17(27)7-5-15/h3-12H,13H2,1-2H3,(H,30,32,34)/b19-9-. The third-order valence-electron chi connectivity index (χ3n) is 5.37. The van der Waals surface area contributed by atoms with E-state index in [1.807, 2.05) is 24.3 Å². The van der Waals surface area contributed by atoms with Crippen molar-refractivity contribution in [2.75, 3.05) is 12.0 Å². The van der Waals surface area contributed by atoms with E-state index in [0.29, 0.717) is 22.1 Å². The van der Waals surface area contributed by atoms with Crippen LogP contribution in [0.25, 0.3) is 6.08 Å². The number of methoxy groups -OCH3 is 1. The zero-order valence-electron chi connectivity index (χ0n) is 19.1. The van der Waals surface area contributed by atoms with Gasteiger partial charge in [-0.25, -0.2) is 9.69 Å². The van der Waals surface area contributed by atoms with Crippen molar-refractivity contribution >= 4 is 68.7 Å². The van der Waals surface area contributed by atoms with Crippen molar-refractivity contribution in [2.24, 2.45) is 0 Å². The number of ether oxygens (including phenoxy) is 2. The van der Waals surface area contributed by atoms with Gasteiger partial charge in [-0.1, -0.05) is 57.3 Å². The molecule has 0 aliphatic carbocycles. The van der Waals surface area contributed by atoms with E-state index in [4.69, 9.17) is 32.7 Å². The molecule has 1 aliphatic rings. The number of anilines is 1. The lowest BCUT2D eigenvalue weighted by Crippen LogP contribution is -2.54. The Morgan fingerprint density at radius 3 is 2.39 bits per heavy atom. The molecule has 1 fully saturated rings. The van der Waals surface area contributed by atoms with Crippen molar-refractivity contribution in [3.8, 4) is 11.5 Å². The Kier molecular flexibility index (Phi) is 7.68. The van der Waals surface area contributed by atoms with Crippen molar-refractivity contribution in [1.29, 1.82) is 0 Å². The number of aryl methyl sites for hydroxylation is 1. The Morgan fingerprint density at radius 1 is 1.00 bits per heavy atom. The normalized spacial score (nSPS) is 14.8. The van der Waals surface area contributed by atoms with Gasteiger partial charge in [-0.3, -0.25) is 14.9 Å². The molecule has 36 heavy (non-hydrogen) atoms. The molecule has 1 N–H and O–H groups in total. The van der Waals surface area contributed by atoms with E-state index in [0.717, 1.165) is 20.5 Å². The first-order valence-corrected chi connectivity index (χ1v) is 12.1. The lowest BCUT2D eigenvalue weighted by atomic mass is 10.1. The van der Waals surface area contributed by atoms with Crippen LogP contribution in [0.1, 0.15) is 16.7 Å². The summed E-state index contributed by atoms with van der Waals surface area (Å²) in [6, 6.07) is 14.6. The van der Waals surface area contributed by atoms with Gasteiger partial charge in [0, 0.05) is 9.50 Å². The molecule has 1 heterocycles. The molecule has 3 aromatic carbocycles. The smallest absolute Gasteiger partial charge is 0.335 e. The van der Waals surface area contributed by atoms with Crippen LogP contribution in [0, 0.1) is 6.92 Å². The van der Waals surface area contributed by atoms with E-state index in [9.17, 15) is 14.4 Å². The second-order valence-electron chi connectivity index (χ2n) is 7.84. The number of hydrogen-bond donors (Lipinski definition) is 1. The summed E-state index contributed by atoms with van der Waals surface area (Å²) in [6.45, 7) is 2.04. The van der Waals surface area contributed by atoms with Crippen LogP contribution in [-0.4, -0.2) is 25.0 Å². The van der Waals surface area contributed by atoms with Gasteiger partial charge in [-0.15, -0.1) is 0 Å². The highest BCUT2D eigenvalue weighted by Gasteiger charge is 2.37. The lowest BCUT2D eigenvalue weighted by molar-refractivity contribution is -0.122. The van der Waals surface area contributed by atoms with Crippen molar-refractivity contribution in [2.45, 2.75) is 13.5 Å². The maximum atomic E-state index is 13.2. The summed E-state index contributed by atoms with van der Waals surface area (Å²) in [4.78, 5) is 39.0. The Bertz CT molecular complexity index is 1410. The minimum atomic E-state index is -0.866. The highest BCUT2D eigenvalue weighted by Crippen LogP contribution is 2.38. The Labute approximate surface area is 225 Å². The molecule has 3 aromatic rings. The zero-order valence-corrected chi connectivity index (χ0v) is 22.2. The topological polar surface area (TPSA) is 84.9 Å². The van der Waals surface area contributed by atoms with Crippen molar-refractivity contribution in [3.05, 3.63) is 91.4 Å². The molecular weight excluding hydrogens is 571 g/mol. The van der Waals surface area contributed by atoms with Crippen LogP contribution < -0.4 is 19.7 Å². The number of urea groups is 1. The Hall–Kier alpha value is -3.33. The summed E-state index contributed by atoms with van der Waals surface area (Å²) < 4.78 is 12.3. The van der Waals surface area contributed by atoms with E-state index >= 15 is 0 Å². The van der Waals surface area contributed by atoms with Gasteiger partial charge in [0.05, 0.1) is 17.8 Å². The minimum Gasteiger partial charge on any atom is -0.493 e. The summed E-state index contributed by atoms with van der Waals surface area (Å²) in [7, 11) is 1.45. The number of halogens is 3. The van der Waals surface area contributed by atoms with Crippen LogP contribution in [0.5, 0.6) is 11.5 Å². The van der Waals surface area contributed by atoms with Gasteiger partial charge in [0.25, 0.3) is 11.8 Å². The summed E-state index contributed by atoms with van der Waals surface area (Å²) in [5.74, 6) is -0.998. The Morgan fingerprint density at radius 2 is 1.72 bits per heavy atom. The molecule has 184 valence electrons. The van der Waals surface area contributed by atoms with Crippen LogP contribution in [-0.2, 0) is 16.2 Å². The van der Waals surface area contributed by atoms with E-state index in [1.54, 1.807) is 25.1 Å². The maximum absolute atomic E-state index is 13.2. The predicted molar refractivity (Wildman–Crippen MR) is 142 cm³/mol. The second-order valence-corrected chi connectivity index (χ2v) is 9.57. The first-order valence-electron chi connectivity index (χ1n) is 10.6. The minimum absolute atomic E-state index is 0.222. The number of imide groups is 2. The van der Waals surface area contributed by atoms with Gasteiger partial charge in [-0.05, 0) is 66.1 Å². The summed E-state index contributed by atoms with van der Waals surface area (Å²) in [5.41, 5.74) is 2.09. The quantitative estimate of drug-likeness (QED) is 0.269. The number of carbonyl (C=O) groups excluding carboxylic acids is 3. The number of carbonyl (C=O) groups is 3. The highest BCUT2D eigenvalue weighted by atomic mass is 79.9. The first kappa shape index (κ1) is 25.8. The highest BCUT2D eigenvalue weighted by molar-refractivity contribution is 9.10. The van der Waals surface area contributed by atoms with Crippen LogP contribution in [0.2, 0.25) is 10.0 Å². The molecule has 10 heteroatoms. The maximum Gasteiger partial charge on any atom is 0.335 e. The molecule has 0 aromatic heterocycles. The van der Waals surface area contributed by atoms with Crippen LogP contribution in [0.3, 0.4) is 0 Å². The van der Waals surface area contributed by atoms with E-state index in [1.165, 1.54) is 25.3 Å². The predicted octanol–water partition coefficient (Wildman–Crippen LogP) is 6.32. The third kappa shape index (κ3) is 5.41. The fraction of sp³-hybridized carbons (Fsp3) is 0.115. The van der Waals surface area contributed by atoms with E-state index in [2.05, 4.69) is 21.2 Å². The van der Waals surface area contributed by atoms with Gasteiger partial charge < -0.3 is 9.47 Å². The van der Waals surface area contributed by atoms with Gasteiger partial charge in [-0.2, -0.15) is 0 Å². The molecule has 4 rings (SSSR count). The molecule has 4 amide bonds. The number of rotatable bonds is 6. The lowest BCUT2D eigenvalue weighted by Gasteiger charge is -2.26. The molecular formula is C26H19BrCl2N2O5. The fourth-order valence-corrected chi connectivity index (χ4v) is 4.19. The monoisotopic (exact) mass is 588 g/mol.